The van der Waals surface area contributed by atoms with Crippen LogP contribution in [0.15, 0.2) is 0 Å². The molecule has 140 valence electrons. The first kappa shape index (κ1) is 22.9. The maximum Gasteiger partial charge on any atom is 0.0107 e. The van der Waals surface area contributed by atoms with Gasteiger partial charge in [0.2, 0.25) is 0 Å². The summed E-state index contributed by atoms with van der Waals surface area (Å²) in [7, 11) is 0. The van der Waals surface area contributed by atoms with Crippen LogP contribution >= 0.6 is 0 Å². The molecule has 3 heteroatoms. The zero-order valence-electron chi connectivity index (χ0n) is 16.3. The zero-order chi connectivity index (χ0) is 17.0. The lowest BCUT2D eigenvalue weighted by atomic mass is 10.1. The molecule has 0 aliphatic heterocycles. The van der Waals surface area contributed by atoms with Gasteiger partial charge in [0.25, 0.3) is 0 Å². The Balaban J connectivity index is 3.42. The molecule has 0 fully saturated rings. The van der Waals surface area contributed by atoms with Crippen LogP contribution in [0.25, 0.3) is 0 Å². The number of nitrogens with zero attached hydrogens (tertiary/aromatic N) is 1. The van der Waals surface area contributed by atoms with Gasteiger partial charge in [-0.1, -0.05) is 78.1 Å². The Bertz CT molecular complexity index is 209. The Morgan fingerprint density at radius 3 is 1.78 bits per heavy atom. The van der Waals surface area contributed by atoms with E-state index in [4.69, 9.17) is 5.73 Å². The lowest BCUT2D eigenvalue weighted by molar-refractivity contribution is 0.273. The molecular weight excluding hydrogens is 282 g/mol. The van der Waals surface area contributed by atoms with E-state index in [0.29, 0.717) is 0 Å². The van der Waals surface area contributed by atoms with Crippen LogP contribution in [-0.4, -0.2) is 44.2 Å². The van der Waals surface area contributed by atoms with Crippen LogP contribution in [0.3, 0.4) is 0 Å². The van der Waals surface area contributed by atoms with Crippen LogP contribution in [0.4, 0.5) is 0 Å². The van der Waals surface area contributed by atoms with Crippen molar-refractivity contribution in [3.63, 3.8) is 0 Å². The van der Waals surface area contributed by atoms with Crippen molar-refractivity contribution in [1.82, 2.24) is 10.2 Å². The van der Waals surface area contributed by atoms with Crippen LogP contribution in [0.1, 0.15) is 90.9 Å². The van der Waals surface area contributed by atoms with Crippen molar-refractivity contribution in [3.8, 4) is 0 Å². The van der Waals surface area contributed by atoms with Crippen molar-refractivity contribution in [2.24, 2.45) is 5.73 Å². The summed E-state index contributed by atoms with van der Waals surface area (Å²) < 4.78 is 0. The lowest BCUT2D eigenvalue weighted by Gasteiger charge is -2.21. The van der Waals surface area contributed by atoms with E-state index >= 15 is 0 Å². The SMILES string of the molecule is CCCCCCCCNCCN(CCN)CCCCCCCC. The maximum absolute atomic E-state index is 5.75. The summed E-state index contributed by atoms with van der Waals surface area (Å²) in [4.78, 5) is 2.54. The smallest absolute Gasteiger partial charge is 0.0107 e. The van der Waals surface area contributed by atoms with E-state index in [9.17, 15) is 0 Å². The van der Waals surface area contributed by atoms with Gasteiger partial charge < -0.3 is 16.0 Å². The summed E-state index contributed by atoms with van der Waals surface area (Å²) in [5.41, 5.74) is 5.75. The highest BCUT2D eigenvalue weighted by molar-refractivity contribution is 4.61. The molecule has 3 N–H and O–H groups in total. The molecule has 0 aromatic heterocycles. The average molecular weight is 328 g/mol. The van der Waals surface area contributed by atoms with Gasteiger partial charge in [0.15, 0.2) is 0 Å². The van der Waals surface area contributed by atoms with Gasteiger partial charge in [0.05, 0.1) is 0 Å². The molecule has 0 radical (unpaired) electrons. The third kappa shape index (κ3) is 18.1. The molecule has 0 aromatic carbocycles. The standard InChI is InChI=1S/C20H45N3/c1-3-5-7-9-11-13-16-22-17-20-23(19-15-21)18-14-12-10-8-6-4-2/h22H,3-21H2,1-2H3. The number of rotatable bonds is 19. The maximum atomic E-state index is 5.75. The fourth-order valence-corrected chi connectivity index (χ4v) is 3.03. The Hall–Kier alpha value is -0.120. The molecule has 0 unspecified atom stereocenters. The topological polar surface area (TPSA) is 41.3 Å². The molecule has 0 saturated heterocycles. The van der Waals surface area contributed by atoms with Gasteiger partial charge in [-0.05, 0) is 25.9 Å². The van der Waals surface area contributed by atoms with Crippen LogP contribution in [-0.2, 0) is 0 Å². The van der Waals surface area contributed by atoms with Crippen molar-refractivity contribution in [2.75, 3.05) is 39.3 Å². The molecule has 23 heavy (non-hydrogen) atoms. The van der Waals surface area contributed by atoms with E-state index in [1.807, 2.05) is 0 Å². The molecule has 0 aliphatic rings. The first-order valence-corrected chi connectivity index (χ1v) is 10.5. The van der Waals surface area contributed by atoms with Crippen molar-refractivity contribution in [1.29, 1.82) is 0 Å². The molecule has 0 heterocycles. The van der Waals surface area contributed by atoms with Gasteiger partial charge >= 0.3 is 0 Å². The summed E-state index contributed by atoms with van der Waals surface area (Å²) >= 11 is 0. The van der Waals surface area contributed by atoms with Gasteiger partial charge in [-0.25, -0.2) is 0 Å². The Morgan fingerprint density at radius 2 is 1.17 bits per heavy atom. The number of nitrogens with two attached hydrogens (primary N) is 1. The zero-order valence-corrected chi connectivity index (χ0v) is 16.3. The van der Waals surface area contributed by atoms with Gasteiger partial charge in [-0.15, -0.1) is 0 Å². The second kappa shape index (κ2) is 19.9. The lowest BCUT2D eigenvalue weighted by Crippen LogP contribution is -2.36. The normalized spacial score (nSPS) is 11.5. The van der Waals surface area contributed by atoms with Crippen LogP contribution in [0, 0.1) is 0 Å². The molecule has 0 spiro atoms. The Morgan fingerprint density at radius 1 is 0.609 bits per heavy atom. The predicted molar refractivity (Wildman–Crippen MR) is 105 cm³/mol. The van der Waals surface area contributed by atoms with Gasteiger partial charge in [-0.3, -0.25) is 0 Å². The fourth-order valence-electron chi connectivity index (χ4n) is 3.03. The molecule has 0 atom stereocenters. The first-order valence-electron chi connectivity index (χ1n) is 10.5. The number of hydrogen-bond donors (Lipinski definition) is 2. The Kier molecular flexibility index (Phi) is 19.8. The average Bonchev–Trinajstić information content (AvgIpc) is 2.56. The molecule has 0 bridgehead atoms. The highest BCUT2D eigenvalue weighted by atomic mass is 15.1. The van der Waals surface area contributed by atoms with Gasteiger partial charge in [0.1, 0.15) is 0 Å². The van der Waals surface area contributed by atoms with Crippen molar-refractivity contribution in [2.45, 2.75) is 90.9 Å². The molecule has 0 rings (SSSR count). The second-order valence-electron chi connectivity index (χ2n) is 6.92. The largest absolute Gasteiger partial charge is 0.329 e. The quantitative estimate of drug-likeness (QED) is 0.342. The summed E-state index contributed by atoms with van der Waals surface area (Å²) in [6.45, 7) is 11.1. The highest BCUT2D eigenvalue weighted by Crippen LogP contribution is 2.06. The minimum atomic E-state index is 0.785. The number of unbranched alkanes of at least 4 members (excludes halogenated alkanes) is 10. The minimum Gasteiger partial charge on any atom is -0.329 e. The summed E-state index contributed by atoms with van der Waals surface area (Å²) in [6.07, 6.45) is 16.6. The molecule has 0 amide bonds. The van der Waals surface area contributed by atoms with Gasteiger partial charge in [-0.2, -0.15) is 0 Å². The third-order valence-corrected chi connectivity index (χ3v) is 4.59. The molecule has 3 nitrogen and oxygen atoms in total. The van der Waals surface area contributed by atoms with E-state index in [1.54, 1.807) is 0 Å². The number of nitrogens with one attached hydrogen (secondary N) is 1. The van der Waals surface area contributed by atoms with E-state index in [-0.39, 0.29) is 0 Å². The fraction of sp³-hybridized carbons (Fsp3) is 1.00. The molecule has 0 aromatic rings. The van der Waals surface area contributed by atoms with Crippen molar-refractivity contribution in [3.05, 3.63) is 0 Å². The molecule has 0 saturated carbocycles. The van der Waals surface area contributed by atoms with E-state index in [2.05, 4.69) is 24.1 Å². The number of hydrogen-bond acceptors (Lipinski definition) is 3. The first-order chi connectivity index (χ1) is 11.3. The Labute approximate surface area is 146 Å². The predicted octanol–water partition coefficient (Wildman–Crippen LogP) is 4.56. The van der Waals surface area contributed by atoms with Crippen molar-refractivity contribution >= 4 is 0 Å². The van der Waals surface area contributed by atoms with Crippen molar-refractivity contribution < 1.29 is 0 Å². The summed E-state index contributed by atoms with van der Waals surface area (Å²) in [6, 6.07) is 0. The molecular formula is C20H45N3. The summed E-state index contributed by atoms with van der Waals surface area (Å²) in [5, 5.41) is 3.60. The highest BCUT2D eigenvalue weighted by Gasteiger charge is 2.03. The third-order valence-electron chi connectivity index (χ3n) is 4.59. The van der Waals surface area contributed by atoms with E-state index in [1.165, 1.54) is 90.1 Å². The molecule has 0 aliphatic carbocycles. The van der Waals surface area contributed by atoms with Crippen LogP contribution < -0.4 is 11.1 Å². The minimum absolute atomic E-state index is 0.785. The van der Waals surface area contributed by atoms with E-state index < -0.39 is 0 Å². The second-order valence-corrected chi connectivity index (χ2v) is 6.92. The van der Waals surface area contributed by atoms with Gasteiger partial charge in [0, 0.05) is 26.2 Å². The monoisotopic (exact) mass is 327 g/mol. The summed E-state index contributed by atoms with van der Waals surface area (Å²) in [5.74, 6) is 0. The van der Waals surface area contributed by atoms with Crippen LogP contribution in [0.5, 0.6) is 0 Å². The van der Waals surface area contributed by atoms with Crippen LogP contribution in [0.2, 0.25) is 0 Å². The van der Waals surface area contributed by atoms with E-state index in [0.717, 1.165) is 26.2 Å².